The highest BCUT2D eigenvalue weighted by atomic mass is 32.1. The Morgan fingerprint density at radius 2 is 2.12 bits per heavy atom. The molecule has 8 heteroatoms. The molecule has 1 aromatic carbocycles. The average Bonchev–Trinajstić information content (AvgIpc) is 3.13. The Kier molecular flexibility index (Phi) is 3.89. The molecule has 0 saturated heterocycles. The minimum atomic E-state index is -0.426. The van der Waals surface area contributed by atoms with Gasteiger partial charge in [-0.25, -0.2) is 4.52 Å². The van der Waals surface area contributed by atoms with Gasteiger partial charge >= 0.3 is 0 Å². The fraction of sp³-hybridized carbons (Fsp3) is 0.111. The van der Waals surface area contributed by atoms with Crippen molar-refractivity contribution in [2.45, 2.75) is 13.8 Å². The van der Waals surface area contributed by atoms with E-state index in [4.69, 9.17) is 4.42 Å². The van der Waals surface area contributed by atoms with E-state index in [0.29, 0.717) is 16.5 Å². The first-order valence-electron chi connectivity index (χ1n) is 7.85. The summed E-state index contributed by atoms with van der Waals surface area (Å²) in [4.78, 5) is 30.6. The molecule has 0 bridgehead atoms. The smallest absolute Gasteiger partial charge is 0.250 e. The van der Waals surface area contributed by atoms with Crippen molar-refractivity contribution in [2.24, 2.45) is 0 Å². The zero-order valence-electron chi connectivity index (χ0n) is 14.0. The standard InChI is InChI=1S/C18H14N4O3S/c1-10-11(2)26-18-20-17(21-22(10)18)19-15(23)8-7-12-9-25-14-6-4-3-5-13(14)16(12)24/h3-9H,1-2H3,(H,19,21,23)/b8-7+. The van der Waals surface area contributed by atoms with Crippen LogP contribution in [0, 0.1) is 13.8 Å². The Bertz CT molecular complexity index is 1230. The number of aromatic nitrogens is 3. The van der Waals surface area contributed by atoms with Crippen molar-refractivity contribution < 1.29 is 9.21 Å². The Labute approximate surface area is 151 Å². The van der Waals surface area contributed by atoms with Crippen molar-refractivity contribution in [1.29, 1.82) is 0 Å². The topological polar surface area (TPSA) is 89.5 Å². The summed E-state index contributed by atoms with van der Waals surface area (Å²) < 4.78 is 7.11. The monoisotopic (exact) mass is 366 g/mol. The zero-order chi connectivity index (χ0) is 18.3. The van der Waals surface area contributed by atoms with E-state index in [-0.39, 0.29) is 11.4 Å². The molecule has 0 spiro atoms. The first kappa shape index (κ1) is 16.2. The van der Waals surface area contributed by atoms with E-state index in [0.717, 1.165) is 15.5 Å². The zero-order valence-corrected chi connectivity index (χ0v) is 14.8. The Hall–Kier alpha value is -3.26. The Balaban J connectivity index is 1.55. The van der Waals surface area contributed by atoms with Crippen LogP contribution >= 0.6 is 11.3 Å². The van der Waals surface area contributed by atoms with Crippen molar-refractivity contribution in [3.63, 3.8) is 0 Å². The van der Waals surface area contributed by atoms with E-state index in [2.05, 4.69) is 15.4 Å². The number of para-hydroxylation sites is 1. The number of hydrogen-bond donors (Lipinski definition) is 1. The van der Waals surface area contributed by atoms with Gasteiger partial charge < -0.3 is 4.42 Å². The van der Waals surface area contributed by atoms with E-state index in [1.807, 2.05) is 13.8 Å². The van der Waals surface area contributed by atoms with Crippen LogP contribution in [-0.4, -0.2) is 20.5 Å². The average molecular weight is 366 g/mol. The van der Waals surface area contributed by atoms with Crippen LogP contribution in [0.15, 0.2) is 45.8 Å². The van der Waals surface area contributed by atoms with Crippen LogP contribution < -0.4 is 10.7 Å². The molecule has 1 N–H and O–H groups in total. The summed E-state index contributed by atoms with van der Waals surface area (Å²) in [5.41, 5.74) is 1.60. The van der Waals surface area contributed by atoms with Gasteiger partial charge in [-0.15, -0.1) is 5.10 Å². The normalized spacial score (nSPS) is 11.6. The molecule has 0 aliphatic heterocycles. The maximum absolute atomic E-state index is 12.4. The third kappa shape index (κ3) is 2.80. The molecule has 0 saturated carbocycles. The van der Waals surface area contributed by atoms with Crippen molar-refractivity contribution in [2.75, 3.05) is 5.32 Å². The molecule has 4 aromatic rings. The molecular formula is C18H14N4O3S. The van der Waals surface area contributed by atoms with Gasteiger partial charge in [0.2, 0.25) is 4.96 Å². The fourth-order valence-electron chi connectivity index (χ4n) is 2.52. The number of carbonyl (C=O) groups excluding carboxylic acids is 1. The van der Waals surface area contributed by atoms with Gasteiger partial charge in [-0.05, 0) is 32.1 Å². The maximum atomic E-state index is 12.4. The Morgan fingerprint density at radius 3 is 2.92 bits per heavy atom. The minimum absolute atomic E-state index is 0.192. The highest BCUT2D eigenvalue weighted by molar-refractivity contribution is 7.17. The minimum Gasteiger partial charge on any atom is -0.463 e. The van der Waals surface area contributed by atoms with Gasteiger partial charge in [-0.1, -0.05) is 23.5 Å². The lowest BCUT2D eigenvalue weighted by atomic mass is 10.1. The lowest BCUT2D eigenvalue weighted by molar-refractivity contribution is -0.111. The summed E-state index contributed by atoms with van der Waals surface area (Å²) in [5, 5.41) is 7.32. The molecule has 0 fully saturated rings. The first-order chi connectivity index (χ1) is 12.5. The number of rotatable bonds is 3. The molecule has 0 radical (unpaired) electrons. The van der Waals surface area contributed by atoms with Crippen LogP contribution in [0.4, 0.5) is 5.95 Å². The number of nitrogens with one attached hydrogen (secondary N) is 1. The number of nitrogens with zero attached hydrogens (tertiary/aromatic N) is 3. The number of hydrogen-bond acceptors (Lipinski definition) is 6. The van der Waals surface area contributed by atoms with Gasteiger partial charge in [0, 0.05) is 11.0 Å². The van der Waals surface area contributed by atoms with Gasteiger partial charge in [0.1, 0.15) is 11.8 Å². The first-order valence-corrected chi connectivity index (χ1v) is 8.67. The second-order valence-electron chi connectivity index (χ2n) is 5.71. The van der Waals surface area contributed by atoms with E-state index in [9.17, 15) is 9.59 Å². The highest BCUT2D eigenvalue weighted by Gasteiger charge is 2.12. The van der Waals surface area contributed by atoms with Crippen LogP contribution in [0.3, 0.4) is 0 Å². The summed E-state index contributed by atoms with van der Waals surface area (Å²) in [6.45, 7) is 3.94. The van der Waals surface area contributed by atoms with E-state index < -0.39 is 5.91 Å². The van der Waals surface area contributed by atoms with Crippen molar-refractivity contribution in [3.05, 3.63) is 63.0 Å². The predicted molar refractivity (Wildman–Crippen MR) is 100 cm³/mol. The molecule has 3 heterocycles. The summed E-state index contributed by atoms with van der Waals surface area (Å²) in [7, 11) is 0. The lowest BCUT2D eigenvalue weighted by Gasteiger charge is -1.98. The maximum Gasteiger partial charge on any atom is 0.250 e. The number of aryl methyl sites for hydroxylation is 2. The molecular weight excluding hydrogens is 352 g/mol. The van der Waals surface area contributed by atoms with E-state index >= 15 is 0 Å². The molecule has 0 aliphatic carbocycles. The fourth-order valence-corrected chi connectivity index (χ4v) is 3.42. The van der Waals surface area contributed by atoms with Crippen molar-refractivity contribution in [3.8, 4) is 0 Å². The summed E-state index contributed by atoms with van der Waals surface area (Å²) in [6, 6.07) is 6.96. The second kappa shape index (κ2) is 6.23. The van der Waals surface area contributed by atoms with E-state index in [1.165, 1.54) is 29.8 Å². The highest BCUT2D eigenvalue weighted by Crippen LogP contribution is 2.21. The van der Waals surface area contributed by atoms with Gasteiger partial charge in [0.15, 0.2) is 5.43 Å². The lowest BCUT2D eigenvalue weighted by Crippen LogP contribution is -2.10. The van der Waals surface area contributed by atoms with Crippen LogP contribution in [0.25, 0.3) is 22.0 Å². The third-order valence-corrected chi connectivity index (χ3v) is 5.05. The SMILES string of the molecule is Cc1sc2nc(NC(=O)/C=C/c3coc4ccccc4c3=O)nn2c1C. The quantitative estimate of drug-likeness (QED) is 0.563. The Morgan fingerprint density at radius 1 is 1.31 bits per heavy atom. The molecule has 3 aromatic heterocycles. The molecule has 26 heavy (non-hydrogen) atoms. The van der Waals surface area contributed by atoms with Gasteiger partial charge in [0.25, 0.3) is 11.9 Å². The molecule has 0 unspecified atom stereocenters. The van der Waals surface area contributed by atoms with Crippen molar-refractivity contribution >= 4 is 45.2 Å². The number of benzene rings is 1. The molecule has 4 rings (SSSR count). The van der Waals surface area contributed by atoms with Gasteiger partial charge in [-0.2, -0.15) is 4.98 Å². The molecule has 7 nitrogen and oxygen atoms in total. The van der Waals surface area contributed by atoms with Crippen LogP contribution in [0.2, 0.25) is 0 Å². The molecule has 0 aliphatic rings. The van der Waals surface area contributed by atoms with Crippen LogP contribution in [0.1, 0.15) is 16.1 Å². The molecule has 130 valence electrons. The van der Waals surface area contributed by atoms with Crippen LogP contribution in [-0.2, 0) is 4.79 Å². The van der Waals surface area contributed by atoms with Crippen LogP contribution in [0.5, 0.6) is 0 Å². The molecule has 0 atom stereocenters. The van der Waals surface area contributed by atoms with Gasteiger partial charge in [-0.3, -0.25) is 14.9 Å². The summed E-state index contributed by atoms with van der Waals surface area (Å²) >= 11 is 1.51. The van der Waals surface area contributed by atoms with Crippen molar-refractivity contribution in [1.82, 2.24) is 14.6 Å². The summed E-state index contributed by atoms with van der Waals surface area (Å²) in [5.74, 6) is -0.204. The number of amides is 1. The summed E-state index contributed by atoms with van der Waals surface area (Å²) in [6.07, 6.45) is 4.01. The molecule has 1 amide bonds. The largest absolute Gasteiger partial charge is 0.463 e. The number of fused-ring (bicyclic) bond motifs is 2. The number of thiazole rings is 1. The third-order valence-electron chi connectivity index (χ3n) is 4.01. The van der Waals surface area contributed by atoms with Gasteiger partial charge in [0.05, 0.1) is 16.6 Å². The number of anilines is 1. The number of carbonyl (C=O) groups is 1. The van der Waals surface area contributed by atoms with E-state index in [1.54, 1.807) is 28.8 Å². The predicted octanol–water partition coefficient (Wildman–Crippen LogP) is 3.17. The second-order valence-corrected chi connectivity index (χ2v) is 6.89.